The molecule has 22 heavy (non-hydrogen) atoms. The van der Waals surface area contributed by atoms with Crippen molar-refractivity contribution in [3.63, 3.8) is 0 Å². The van der Waals surface area contributed by atoms with E-state index >= 15 is 0 Å². The molecule has 0 aliphatic carbocycles. The molecule has 0 bridgehead atoms. The SMILES string of the molecule is O=S(=O)(/C=C/c1ccccc1)NC(CO)c1ccc(Cl)cc1. The van der Waals surface area contributed by atoms with Gasteiger partial charge in [0.05, 0.1) is 12.6 Å². The first kappa shape index (κ1) is 16.7. The first-order valence-electron chi connectivity index (χ1n) is 6.62. The lowest BCUT2D eigenvalue weighted by Gasteiger charge is -2.15. The summed E-state index contributed by atoms with van der Waals surface area (Å²) in [6, 6.07) is 15.0. The number of aliphatic hydroxyl groups is 1. The van der Waals surface area contributed by atoms with Crippen molar-refractivity contribution >= 4 is 27.7 Å². The summed E-state index contributed by atoms with van der Waals surface area (Å²) in [4.78, 5) is 0. The molecule has 0 fully saturated rings. The molecule has 0 radical (unpaired) electrons. The van der Waals surface area contributed by atoms with Crippen molar-refractivity contribution in [3.8, 4) is 0 Å². The van der Waals surface area contributed by atoms with E-state index in [1.54, 1.807) is 36.4 Å². The van der Waals surface area contributed by atoms with E-state index in [1.807, 2.05) is 18.2 Å². The van der Waals surface area contributed by atoms with Crippen LogP contribution in [0.15, 0.2) is 60.0 Å². The Balaban J connectivity index is 2.12. The van der Waals surface area contributed by atoms with Crippen LogP contribution in [-0.2, 0) is 10.0 Å². The van der Waals surface area contributed by atoms with Gasteiger partial charge in [0, 0.05) is 10.4 Å². The van der Waals surface area contributed by atoms with Crippen LogP contribution >= 0.6 is 11.6 Å². The lowest BCUT2D eigenvalue weighted by molar-refractivity contribution is 0.259. The van der Waals surface area contributed by atoms with Gasteiger partial charge in [-0.25, -0.2) is 13.1 Å². The summed E-state index contributed by atoms with van der Waals surface area (Å²) in [7, 11) is -3.67. The maximum Gasteiger partial charge on any atom is 0.234 e. The van der Waals surface area contributed by atoms with Crippen LogP contribution in [0.1, 0.15) is 17.2 Å². The first-order valence-corrected chi connectivity index (χ1v) is 8.54. The van der Waals surface area contributed by atoms with Crippen LogP contribution < -0.4 is 4.72 Å². The van der Waals surface area contributed by atoms with Crippen molar-refractivity contribution in [2.24, 2.45) is 0 Å². The highest BCUT2D eigenvalue weighted by Gasteiger charge is 2.16. The van der Waals surface area contributed by atoms with Crippen LogP contribution in [0.4, 0.5) is 0 Å². The zero-order chi connectivity index (χ0) is 16.0. The van der Waals surface area contributed by atoms with Crippen LogP contribution in [0.2, 0.25) is 5.02 Å². The Labute approximate surface area is 135 Å². The average molecular weight is 338 g/mol. The topological polar surface area (TPSA) is 66.4 Å². The predicted octanol–water partition coefficient (Wildman–Crippen LogP) is 2.96. The molecule has 2 N–H and O–H groups in total. The Bertz CT molecular complexity index is 728. The summed E-state index contributed by atoms with van der Waals surface area (Å²) in [5, 5.41) is 11.0. The summed E-state index contributed by atoms with van der Waals surface area (Å²) >= 11 is 5.80. The fourth-order valence-electron chi connectivity index (χ4n) is 1.88. The fraction of sp³-hybridized carbons (Fsp3) is 0.125. The first-order chi connectivity index (χ1) is 10.5. The minimum atomic E-state index is -3.67. The Morgan fingerprint density at radius 2 is 1.73 bits per heavy atom. The van der Waals surface area contributed by atoms with Crippen LogP contribution in [-0.4, -0.2) is 20.1 Å². The molecule has 0 saturated carbocycles. The molecule has 0 amide bonds. The van der Waals surface area contributed by atoms with Crippen LogP contribution in [0, 0.1) is 0 Å². The van der Waals surface area contributed by atoms with Crippen LogP contribution in [0.3, 0.4) is 0 Å². The number of aliphatic hydroxyl groups excluding tert-OH is 1. The van der Waals surface area contributed by atoms with Crippen molar-refractivity contribution in [2.45, 2.75) is 6.04 Å². The minimum Gasteiger partial charge on any atom is -0.394 e. The van der Waals surface area contributed by atoms with Crippen LogP contribution in [0.25, 0.3) is 6.08 Å². The Kier molecular flexibility index (Phi) is 5.74. The smallest absolute Gasteiger partial charge is 0.234 e. The van der Waals surface area contributed by atoms with Crippen molar-refractivity contribution in [3.05, 3.63) is 76.2 Å². The Hall–Kier alpha value is -1.66. The van der Waals surface area contributed by atoms with E-state index in [1.165, 1.54) is 6.08 Å². The molecule has 4 nitrogen and oxygen atoms in total. The predicted molar refractivity (Wildman–Crippen MR) is 88.8 cm³/mol. The van der Waals surface area contributed by atoms with Gasteiger partial charge in [-0.15, -0.1) is 0 Å². The number of hydrogen-bond acceptors (Lipinski definition) is 3. The quantitative estimate of drug-likeness (QED) is 0.851. The molecular formula is C16H16ClNO3S. The molecule has 116 valence electrons. The summed E-state index contributed by atoms with van der Waals surface area (Å²) in [5.74, 6) is 0. The normalized spacial score (nSPS) is 13.4. The molecule has 0 aromatic heterocycles. The van der Waals surface area contributed by atoms with Gasteiger partial charge in [0.15, 0.2) is 0 Å². The van der Waals surface area contributed by atoms with Crippen molar-refractivity contribution < 1.29 is 13.5 Å². The highest BCUT2D eigenvalue weighted by molar-refractivity contribution is 7.92. The summed E-state index contributed by atoms with van der Waals surface area (Å²) in [6.45, 7) is -0.347. The molecule has 0 heterocycles. The zero-order valence-corrected chi connectivity index (χ0v) is 13.3. The molecule has 2 aromatic carbocycles. The third kappa shape index (κ3) is 4.96. The number of rotatable bonds is 6. The third-order valence-electron chi connectivity index (χ3n) is 3.00. The summed E-state index contributed by atoms with van der Waals surface area (Å²) in [6.07, 6.45) is 1.50. The fourth-order valence-corrected chi connectivity index (χ4v) is 3.02. The lowest BCUT2D eigenvalue weighted by Crippen LogP contribution is -2.29. The van der Waals surface area contributed by atoms with Gasteiger partial charge in [-0.3, -0.25) is 0 Å². The number of hydrogen-bond donors (Lipinski definition) is 2. The van der Waals surface area contributed by atoms with Crippen molar-refractivity contribution in [2.75, 3.05) is 6.61 Å². The summed E-state index contributed by atoms with van der Waals surface area (Å²) < 4.78 is 26.6. The van der Waals surface area contributed by atoms with Gasteiger partial charge in [0.1, 0.15) is 0 Å². The lowest BCUT2D eigenvalue weighted by atomic mass is 10.1. The van der Waals surface area contributed by atoms with Gasteiger partial charge in [-0.2, -0.15) is 0 Å². The molecule has 0 aliphatic rings. The largest absolute Gasteiger partial charge is 0.394 e. The molecule has 0 saturated heterocycles. The van der Waals surface area contributed by atoms with E-state index in [2.05, 4.69) is 4.72 Å². The summed E-state index contributed by atoms with van der Waals surface area (Å²) in [5.41, 5.74) is 1.42. The third-order valence-corrected chi connectivity index (χ3v) is 4.36. The van der Waals surface area contributed by atoms with E-state index in [4.69, 9.17) is 11.6 Å². The van der Waals surface area contributed by atoms with Gasteiger partial charge in [0.2, 0.25) is 10.0 Å². The van der Waals surface area contributed by atoms with E-state index in [-0.39, 0.29) is 6.61 Å². The van der Waals surface area contributed by atoms with Gasteiger partial charge >= 0.3 is 0 Å². The Morgan fingerprint density at radius 3 is 2.32 bits per heavy atom. The van der Waals surface area contributed by atoms with Crippen LogP contribution in [0.5, 0.6) is 0 Å². The zero-order valence-electron chi connectivity index (χ0n) is 11.7. The second kappa shape index (κ2) is 7.56. The number of nitrogens with one attached hydrogen (secondary N) is 1. The second-order valence-electron chi connectivity index (χ2n) is 4.66. The maximum atomic E-state index is 12.1. The standard InChI is InChI=1S/C16H16ClNO3S/c17-15-8-6-14(7-9-15)16(12-19)18-22(20,21)11-10-13-4-2-1-3-5-13/h1-11,16,18-19H,12H2/b11-10+. The molecule has 2 rings (SSSR count). The monoisotopic (exact) mass is 337 g/mol. The molecule has 1 unspecified atom stereocenters. The van der Waals surface area contributed by atoms with E-state index in [9.17, 15) is 13.5 Å². The number of benzene rings is 2. The second-order valence-corrected chi connectivity index (χ2v) is 6.70. The molecule has 6 heteroatoms. The maximum absolute atomic E-state index is 12.1. The molecule has 0 spiro atoms. The Morgan fingerprint density at radius 1 is 1.09 bits per heavy atom. The molecule has 0 aliphatic heterocycles. The highest BCUT2D eigenvalue weighted by atomic mass is 35.5. The average Bonchev–Trinajstić information content (AvgIpc) is 2.53. The van der Waals surface area contributed by atoms with E-state index in [0.717, 1.165) is 11.0 Å². The van der Waals surface area contributed by atoms with Gasteiger partial charge in [-0.1, -0.05) is 54.1 Å². The van der Waals surface area contributed by atoms with E-state index < -0.39 is 16.1 Å². The van der Waals surface area contributed by atoms with Gasteiger partial charge in [-0.05, 0) is 29.3 Å². The molecule has 2 aromatic rings. The number of sulfonamides is 1. The molecular weight excluding hydrogens is 322 g/mol. The highest BCUT2D eigenvalue weighted by Crippen LogP contribution is 2.17. The van der Waals surface area contributed by atoms with Crippen molar-refractivity contribution in [1.29, 1.82) is 0 Å². The van der Waals surface area contributed by atoms with Crippen molar-refractivity contribution in [1.82, 2.24) is 4.72 Å². The van der Waals surface area contributed by atoms with Gasteiger partial charge in [0.25, 0.3) is 0 Å². The van der Waals surface area contributed by atoms with Gasteiger partial charge < -0.3 is 5.11 Å². The minimum absolute atomic E-state index is 0.347. The molecule has 1 atom stereocenters. The number of halogens is 1. The van der Waals surface area contributed by atoms with E-state index in [0.29, 0.717) is 10.6 Å².